The van der Waals surface area contributed by atoms with Gasteiger partial charge in [-0.2, -0.15) is 5.10 Å². The Morgan fingerprint density at radius 2 is 1.96 bits per heavy atom. The molecule has 0 aliphatic heterocycles. The Morgan fingerprint density at radius 3 is 2.60 bits per heavy atom. The van der Waals surface area contributed by atoms with Crippen LogP contribution < -0.4 is 0 Å². The normalized spacial score (nSPS) is 12.9. The summed E-state index contributed by atoms with van der Waals surface area (Å²) >= 11 is 0. The maximum absolute atomic E-state index is 12.9. The summed E-state index contributed by atoms with van der Waals surface area (Å²) in [6.07, 6.45) is 2.71. The highest BCUT2D eigenvalue weighted by atomic mass is 16.4. The smallest absolute Gasteiger partial charge is 0.305 e. The van der Waals surface area contributed by atoms with Gasteiger partial charge in [-0.05, 0) is 45.2 Å². The van der Waals surface area contributed by atoms with Crippen molar-refractivity contribution in [3.8, 4) is 5.69 Å². The Morgan fingerprint density at radius 1 is 1.24 bits per heavy atom. The number of aliphatic carboxylic acids is 1. The van der Waals surface area contributed by atoms with Crippen molar-refractivity contribution < 1.29 is 14.7 Å². The van der Waals surface area contributed by atoms with Crippen molar-refractivity contribution in [3.05, 3.63) is 46.8 Å². The third-order valence-electron chi connectivity index (χ3n) is 4.68. The first kappa shape index (κ1) is 17.2. The van der Waals surface area contributed by atoms with E-state index in [0.29, 0.717) is 12.2 Å². The van der Waals surface area contributed by atoms with Crippen LogP contribution in [0.5, 0.6) is 0 Å². The van der Waals surface area contributed by atoms with Crippen molar-refractivity contribution >= 4 is 11.9 Å². The molecule has 132 valence electrons. The maximum Gasteiger partial charge on any atom is 0.305 e. The number of carboxylic acids is 1. The Labute approximate surface area is 147 Å². The predicted octanol–water partition coefficient (Wildman–Crippen LogP) is 2.61. The molecule has 0 saturated carbocycles. The first-order valence-electron chi connectivity index (χ1n) is 8.70. The molecule has 0 atom stereocenters. The van der Waals surface area contributed by atoms with Crippen molar-refractivity contribution in [1.29, 1.82) is 0 Å². The molecule has 2 aromatic rings. The van der Waals surface area contributed by atoms with E-state index in [2.05, 4.69) is 5.10 Å². The molecule has 0 radical (unpaired) electrons. The van der Waals surface area contributed by atoms with Crippen molar-refractivity contribution in [2.24, 2.45) is 0 Å². The molecule has 0 bridgehead atoms. The van der Waals surface area contributed by atoms with E-state index >= 15 is 0 Å². The molecule has 0 saturated heterocycles. The lowest BCUT2D eigenvalue weighted by Gasteiger charge is -2.19. The highest BCUT2D eigenvalue weighted by Gasteiger charge is 2.29. The van der Waals surface area contributed by atoms with E-state index in [-0.39, 0.29) is 18.9 Å². The molecule has 6 heteroatoms. The predicted molar refractivity (Wildman–Crippen MR) is 94.2 cm³/mol. The van der Waals surface area contributed by atoms with Gasteiger partial charge in [-0.15, -0.1) is 0 Å². The molecule has 1 aromatic carbocycles. The number of carboxylic acid groups (broad SMARTS) is 1. The molecule has 1 aliphatic carbocycles. The van der Waals surface area contributed by atoms with Crippen LogP contribution in [0.1, 0.15) is 47.1 Å². The quantitative estimate of drug-likeness (QED) is 0.876. The van der Waals surface area contributed by atoms with Crippen LogP contribution in [-0.2, 0) is 17.6 Å². The Balaban J connectivity index is 1.94. The van der Waals surface area contributed by atoms with E-state index in [1.807, 2.05) is 42.8 Å². The Bertz CT molecular complexity index is 793. The van der Waals surface area contributed by atoms with Crippen LogP contribution in [0.25, 0.3) is 5.69 Å². The lowest BCUT2D eigenvalue weighted by molar-refractivity contribution is -0.137. The van der Waals surface area contributed by atoms with E-state index in [1.54, 1.807) is 4.90 Å². The fourth-order valence-corrected chi connectivity index (χ4v) is 3.29. The number of aryl methyl sites for hydroxylation is 1. The largest absolute Gasteiger partial charge is 0.481 e. The molecule has 1 aliphatic rings. The van der Waals surface area contributed by atoms with E-state index < -0.39 is 5.97 Å². The van der Waals surface area contributed by atoms with Gasteiger partial charge in [0.2, 0.25) is 0 Å². The van der Waals surface area contributed by atoms with Gasteiger partial charge in [-0.1, -0.05) is 17.7 Å². The first-order valence-corrected chi connectivity index (χ1v) is 8.70. The highest BCUT2D eigenvalue weighted by Crippen LogP contribution is 2.28. The zero-order valence-corrected chi connectivity index (χ0v) is 14.7. The summed E-state index contributed by atoms with van der Waals surface area (Å²) in [7, 11) is 0. The molecular formula is C19H23N3O3. The molecule has 1 N–H and O–H groups in total. The number of hydrogen-bond donors (Lipinski definition) is 1. The van der Waals surface area contributed by atoms with Gasteiger partial charge >= 0.3 is 5.97 Å². The van der Waals surface area contributed by atoms with Crippen LogP contribution in [0.15, 0.2) is 24.3 Å². The topological polar surface area (TPSA) is 75.4 Å². The van der Waals surface area contributed by atoms with Crippen LogP contribution >= 0.6 is 0 Å². The molecule has 25 heavy (non-hydrogen) atoms. The van der Waals surface area contributed by atoms with E-state index in [1.165, 1.54) is 5.56 Å². The van der Waals surface area contributed by atoms with Gasteiger partial charge in [0, 0.05) is 24.3 Å². The molecule has 1 heterocycles. The van der Waals surface area contributed by atoms with Gasteiger partial charge in [-0.25, -0.2) is 4.68 Å². The summed E-state index contributed by atoms with van der Waals surface area (Å²) in [6.45, 7) is 4.57. The summed E-state index contributed by atoms with van der Waals surface area (Å²) in [5.41, 5.74) is 4.72. The number of nitrogens with zero attached hydrogens (tertiary/aromatic N) is 3. The molecule has 1 aromatic heterocycles. The van der Waals surface area contributed by atoms with Crippen molar-refractivity contribution in [2.45, 2.75) is 39.5 Å². The maximum atomic E-state index is 12.9. The number of carbonyl (C=O) groups excluding carboxylic acids is 1. The molecule has 6 nitrogen and oxygen atoms in total. The molecule has 1 amide bonds. The second-order valence-electron chi connectivity index (χ2n) is 6.40. The van der Waals surface area contributed by atoms with Gasteiger partial charge in [0.1, 0.15) is 0 Å². The Hall–Kier alpha value is -2.63. The number of hydrogen-bond acceptors (Lipinski definition) is 3. The van der Waals surface area contributed by atoms with E-state index in [4.69, 9.17) is 5.11 Å². The van der Waals surface area contributed by atoms with Crippen LogP contribution in [-0.4, -0.2) is 44.8 Å². The minimum atomic E-state index is -0.901. The average Bonchev–Trinajstić information content (AvgIpc) is 3.18. The second-order valence-corrected chi connectivity index (χ2v) is 6.40. The summed E-state index contributed by atoms with van der Waals surface area (Å²) in [5.74, 6) is -1.07. The van der Waals surface area contributed by atoms with Crippen LogP contribution in [0.2, 0.25) is 0 Å². The number of aromatic nitrogens is 2. The van der Waals surface area contributed by atoms with Gasteiger partial charge in [0.25, 0.3) is 5.91 Å². The third-order valence-corrected chi connectivity index (χ3v) is 4.68. The summed E-state index contributed by atoms with van der Waals surface area (Å²) in [4.78, 5) is 25.3. The zero-order chi connectivity index (χ0) is 18.0. The third kappa shape index (κ3) is 3.43. The fraction of sp³-hybridized carbons (Fsp3) is 0.421. The second kappa shape index (κ2) is 7.09. The fourth-order valence-electron chi connectivity index (χ4n) is 3.29. The van der Waals surface area contributed by atoms with Crippen LogP contribution in [0, 0.1) is 6.92 Å². The van der Waals surface area contributed by atoms with Crippen molar-refractivity contribution in [3.63, 3.8) is 0 Å². The van der Waals surface area contributed by atoms with Crippen molar-refractivity contribution in [1.82, 2.24) is 14.7 Å². The monoisotopic (exact) mass is 341 g/mol. The van der Waals surface area contributed by atoms with Gasteiger partial charge in [0.15, 0.2) is 5.69 Å². The standard InChI is InChI=1S/C19H23N3O3/c1-3-21(12-11-17(23)24)19(25)18-15-5-4-6-16(15)22(20-18)14-9-7-13(2)8-10-14/h7-10H,3-6,11-12H2,1-2H3,(H,23,24). The first-order chi connectivity index (χ1) is 12.0. The molecule has 3 rings (SSSR count). The zero-order valence-electron chi connectivity index (χ0n) is 14.7. The number of fused-ring (bicyclic) bond motifs is 1. The highest BCUT2D eigenvalue weighted by molar-refractivity contribution is 5.94. The lowest BCUT2D eigenvalue weighted by atomic mass is 10.1. The van der Waals surface area contributed by atoms with Crippen LogP contribution in [0.3, 0.4) is 0 Å². The number of amides is 1. The van der Waals surface area contributed by atoms with Crippen LogP contribution in [0.4, 0.5) is 0 Å². The molecular weight excluding hydrogens is 318 g/mol. The molecule has 0 spiro atoms. The Kier molecular flexibility index (Phi) is 4.88. The van der Waals surface area contributed by atoms with Gasteiger partial charge < -0.3 is 10.0 Å². The SMILES string of the molecule is CCN(CCC(=O)O)C(=O)c1nn(-c2ccc(C)cc2)c2c1CCC2. The van der Waals surface area contributed by atoms with Gasteiger partial charge in [-0.3, -0.25) is 9.59 Å². The number of rotatable bonds is 6. The molecule has 0 unspecified atom stereocenters. The minimum Gasteiger partial charge on any atom is -0.481 e. The average molecular weight is 341 g/mol. The van der Waals surface area contributed by atoms with E-state index in [9.17, 15) is 9.59 Å². The summed E-state index contributed by atoms with van der Waals surface area (Å²) in [5, 5.41) is 13.5. The minimum absolute atomic E-state index is 0.0551. The van der Waals surface area contributed by atoms with Crippen molar-refractivity contribution in [2.75, 3.05) is 13.1 Å². The number of carbonyl (C=O) groups is 2. The summed E-state index contributed by atoms with van der Waals surface area (Å²) < 4.78 is 1.88. The van der Waals surface area contributed by atoms with Gasteiger partial charge in [0.05, 0.1) is 12.1 Å². The lowest BCUT2D eigenvalue weighted by Crippen LogP contribution is -2.33. The van der Waals surface area contributed by atoms with E-state index in [0.717, 1.165) is 36.2 Å². The number of benzene rings is 1. The summed E-state index contributed by atoms with van der Waals surface area (Å²) in [6, 6.07) is 8.09. The molecule has 0 fully saturated rings.